The lowest BCUT2D eigenvalue weighted by atomic mass is 10.1. The quantitative estimate of drug-likeness (QED) is 0.580. The van der Waals surface area contributed by atoms with Gasteiger partial charge in [-0.05, 0) is 25.0 Å². The van der Waals surface area contributed by atoms with Crippen LogP contribution < -0.4 is 9.64 Å². The van der Waals surface area contributed by atoms with E-state index >= 15 is 0 Å². The molecule has 2 rings (SSSR count). The summed E-state index contributed by atoms with van der Waals surface area (Å²) in [6.45, 7) is 5.09. The van der Waals surface area contributed by atoms with Gasteiger partial charge in [-0.1, -0.05) is 0 Å². The third kappa shape index (κ3) is 3.36. The van der Waals surface area contributed by atoms with E-state index in [0.29, 0.717) is 12.7 Å². The van der Waals surface area contributed by atoms with E-state index in [1.54, 1.807) is 14.2 Å². The molecule has 0 amide bonds. The lowest BCUT2D eigenvalue weighted by molar-refractivity contribution is -0.0411. The fourth-order valence-corrected chi connectivity index (χ4v) is 2.47. The number of methoxy groups -OCH3 is 2. The standard InChI is InChI=1S/C14H22N2O3/c1-11-4-6-15-14(13(11)18-3)16-7-5-12(8-16)9-19-10-17-2/h4,6,12H,5,7-10H2,1-3H3. The Labute approximate surface area is 114 Å². The SMILES string of the molecule is COCOCC1CCN(c2nccc(C)c2OC)C1. The second-order valence-corrected chi connectivity index (χ2v) is 4.86. The van der Waals surface area contributed by atoms with Gasteiger partial charge >= 0.3 is 0 Å². The maximum absolute atomic E-state index is 5.47. The summed E-state index contributed by atoms with van der Waals surface area (Å²) in [5, 5.41) is 0. The first-order chi connectivity index (χ1) is 9.26. The Bertz CT molecular complexity index is 412. The fraction of sp³-hybridized carbons (Fsp3) is 0.643. The van der Waals surface area contributed by atoms with Crippen LogP contribution >= 0.6 is 0 Å². The number of nitrogens with zero attached hydrogens (tertiary/aromatic N) is 2. The van der Waals surface area contributed by atoms with Crippen LogP contribution in [0.15, 0.2) is 12.3 Å². The minimum absolute atomic E-state index is 0.364. The van der Waals surface area contributed by atoms with Crippen LogP contribution in [0.1, 0.15) is 12.0 Å². The highest BCUT2D eigenvalue weighted by Crippen LogP contribution is 2.32. The van der Waals surface area contributed by atoms with E-state index in [0.717, 1.165) is 43.2 Å². The van der Waals surface area contributed by atoms with E-state index < -0.39 is 0 Å². The summed E-state index contributed by atoms with van der Waals surface area (Å²) in [6.07, 6.45) is 2.95. The van der Waals surface area contributed by atoms with Crippen molar-refractivity contribution in [2.45, 2.75) is 13.3 Å². The molecule has 1 aromatic rings. The van der Waals surface area contributed by atoms with Crippen LogP contribution in [0.4, 0.5) is 5.82 Å². The molecule has 1 aliphatic heterocycles. The van der Waals surface area contributed by atoms with Crippen molar-refractivity contribution >= 4 is 5.82 Å². The average Bonchev–Trinajstić information content (AvgIpc) is 2.87. The first-order valence-corrected chi connectivity index (χ1v) is 6.57. The van der Waals surface area contributed by atoms with Crippen molar-refractivity contribution < 1.29 is 14.2 Å². The Kier molecular flexibility index (Phi) is 4.99. The highest BCUT2D eigenvalue weighted by molar-refractivity contribution is 5.56. The number of ether oxygens (including phenoxy) is 3. The van der Waals surface area contributed by atoms with Crippen LogP contribution in [0.3, 0.4) is 0 Å². The van der Waals surface area contributed by atoms with Crippen LogP contribution in [-0.2, 0) is 9.47 Å². The van der Waals surface area contributed by atoms with Gasteiger partial charge in [0.15, 0.2) is 11.6 Å². The zero-order valence-electron chi connectivity index (χ0n) is 11.9. The molecule has 0 aromatic carbocycles. The highest BCUT2D eigenvalue weighted by atomic mass is 16.7. The van der Waals surface area contributed by atoms with Crippen molar-refractivity contribution in [3.05, 3.63) is 17.8 Å². The fourth-order valence-electron chi connectivity index (χ4n) is 2.47. The Morgan fingerprint density at radius 3 is 3.00 bits per heavy atom. The molecule has 0 N–H and O–H groups in total. The molecule has 1 unspecified atom stereocenters. The molecule has 106 valence electrons. The van der Waals surface area contributed by atoms with Crippen LogP contribution in [0.2, 0.25) is 0 Å². The molecule has 1 fully saturated rings. The van der Waals surface area contributed by atoms with Crippen LogP contribution in [0.25, 0.3) is 0 Å². The van der Waals surface area contributed by atoms with Gasteiger partial charge in [-0.2, -0.15) is 0 Å². The largest absolute Gasteiger partial charge is 0.493 e. The maximum Gasteiger partial charge on any atom is 0.171 e. The third-order valence-electron chi connectivity index (χ3n) is 3.43. The molecule has 2 heterocycles. The second-order valence-electron chi connectivity index (χ2n) is 4.86. The molecule has 0 bridgehead atoms. The lowest BCUT2D eigenvalue weighted by Crippen LogP contribution is -2.23. The average molecular weight is 266 g/mol. The van der Waals surface area contributed by atoms with Crippen LogP contribution in [0.5, 0.6) is 5.75 Å². The second kappa shape index (κ2) is 6.73. The van der Waals surface area contributed by atoms with Crippen molar-refractivity contribution in [1.82, 2.24) is 4.98 Å². The van der Waals surface area contributed by atoms with Gasteiger partial charge in [0.1, 0.15) is 6.79 Å². The molecule has 1 saturated heterocycles. The van der Waals surface area contributed by atoms with Crippen LogP contribution in [0, 0.1) is 12.8 Å². The zero-order valence-corrected chi connectivity index (χ0v) is 11.9. The van der Waals surface area contributed by atoms with E-state index in [1.807, 2.05) is 19.2 Å². The molecule has 0 saturated carbocycles. The van der Waals surface area contributed by atoms with Gasteiger partial charge in [-0.25, -0.2) is 4.98 Å². The third-order valence-corrected chi connectivity index (χ3v) is 3.43. The molecule has 1 atom stereocenters. The predicted molar refractivity (Wildman–Crippen MR) is 73.7 cm³/mol. The minimum atomic E-state index is 0.364. The van der Waals surface area contributed by atoms with Gasteiger partial charge < -0.3 is 19.1 Å². The number of anilines is 1. The topological polar surface area (TPSA) is 43.8 Å². The normalized spacial score (nSPS) is 18.9. The van der Waals surface area contributed by atoms with Gasteiger partial charge in [0.05, 0.1) is 13.7 Å². The molecule has 0 spiro atoms. The number of rotatable bonds is 6. The molecule has 0 aliphatic carbocycles. The predicted octanol–water partition coefficient (Wildman–Crippen LogP) is 1.85. The molecule has 19 heavy (non-hydrogen) atoms. The van der Waals surface area contributed by atoms with Crippen molar-refractivity contribution in [3.8, 4) is 5.75 Å². The Balaban J connectivity index is 1.99. The van der Waals surface area contributed by atoms with Gasteiger partial charge in [0.25, 0.3) is 0 Å². The molecule has 0 radical (unpaired) electrons. The maximum atomic E-state index is 5.47. The Hall–Kier alpha value is -1.33. The van der Waals surface area contributed by atoms with E-state index in [9.17, 15) is 0 Å². The monoisotopic (exact) mass is 266 g/mol. The first kappa shape index (κ1) is 14.1. The molecule has 5 nitrogen and oxygen atoms in total. The van der Waals surface area contributed by atoms with Gasteiger partial charge in [0.2, 0.25) is 0 Å². The van der Waals surface area contributed by atoms with Crippen LogP contribution in [-0.4, -0.2) is 45.7 Å². The summed E-state index contributed by atoms with van der Waals surface area (Å²) in [7, 11) is 3.34. The first-order valence-electron chi connectivity index (χ1n) is 6.57. The van der Waals surface area contributed by atoms with Crippen molar-refractivity contribution in [2.75, 3.05) is 45.6 Å². The molecule has 1 aromatic heterocycles. The molecule has 1 aliphatic rings. The summed E-state index contributed by atoms with van der Waals surface area (Å²) in [4.78, 5) is 6.73. The van der Waals surface area contributed by atoms with Gasteiger partial charge in [-0.3, -0.25) is 0 Å². The van der Waals surface area contributed by atoms with E-state index in [-0.39, 0.29) is 0 Å². The number of hydrogen-bond donors (Lipinski definition) is 0. The van der Waals surface area contributed by atoms with Crippen molar-refractivity contribution in [2.24, 2.45) is 5.92 Å². The zero-order chi connectivity index (χ0) is 13.7. The smallest absolute Gasteiger partial charge is 0.171 e. The number of hydrogen-bond acceptors (Lipinski definition) is 5. The molecule has 5 heteroatoms. The Morgan fingerprint density at radius 1 is 1.42 bits per heavy atom. The molecular formula is C14H22N2O3. The van der Waals surface area contributed by atoms with Gasteiger partial charge in [-0.15, -0.1) is 0 Å². The summed E-state index contributed by atoms with van der Waals surface area (Å²) < 4.78 is 15.8. The van der Waals surface area contributed by atoms with E-state index in [2.05, 4.69) is 9.88 Å². The number of pyridine rings is 1. The lowest BCUT2D eigenvalue weighted by Gasteiger charge is -2.21. The molecular weight excluding hydrogens is 244 g/mol. The summed E-state index contributed by atoms with van der Waals surface area (Å²) in [5.41, 5.74) is 1.12. The van der Waals surface area contributed by atoms with Gasteiger partial charge in [0, 0.05) is 32.3 Å². The van der Waals surface area contributed by atoms with Crippen molar-refractivity contribution in [1.29, 1.82) is 0 Å². The Morgan fingerprint density at radius 2 is 2.26 bits per heavy atom. The minimum Gasteiger partial charge on any atom is -0.493 e. The highest BCUT2D eigenvalue weighted by Gasteiger charge is 2.26. The summed E-state index contributed by atoms with van der Waals surface area (Å²) in [5.74, 6) is 2.35. The number of aryl methyl sites for hydroxylation is 1. The summed E-state index contributed by atoms with van der Waals surface area (Å²) >= 11 is 0. The van der Waals surface area contributed by atoms with E-state index in [4.69, 9.17) is 14.2 Å². The number of aromatic nitrogens is 1. The summed E-state index contributed by atoms with van der Waals surface area (Å²) in [6, 6.07) is 1.97. The van der Waals surface area contributed by atoms with Crippen molar-refractivity contribution in [3.63, 3.8) is 0 Å². The van der Waals surface area contributed by atoms with E-state index in [1.165, 1.54) is 0 Å².